The van der Waals surface area contributed by atoms with Crippen LogP contribution in [0.4, 0.5) is 14.9 Å². The smallest absolute Gasteiger partial charge is 0.319 e. The van der Waals surface area contributed by atoms with Crippen LogP contribution in [-0.2, 0) is 13.6 Å². The van der Waals surface area contributed by atoms with E-state index >= 15 is 0 Å². The van der Waals surface area contributed by atoms with Gasteiger partial charge in [0.25, 0.3) is 0 Å². The van der Waals surface area contributed by atoms with E-state index in [4.69, 9.17) is 11.6 Å². The standard InChI is InChI=1S/C13H14ClFN4O/c1-8-9(7-19(2)18-8)6-16-13(20)17-10-3-4-12(15)11(14)5-10/h3-5,7H,6H2,1-2H3,(H2,16,17,20). The predicted octanol–water partition coefficient (Wildman–Crippen LogP) is 2.84. The van der Waals surface area contributed by atoms with Gasteiger partial charge in [0.15, 0.2) is 0 Å². The summed E-state index contributed by atoms with van der Waals surface area (Å²) < 4.78 is 14.7. The highest BCUT2D eigenvalue weighted by Gasteiger charge is 2.07. The number of amides is 2. The van der Waals surface area contributed by atoms with Crippen molar-refractivity contribution >= 4 is 23.3 Å². The molecule has 2 amide bonds. The molecule has 1 heterocycles. The van der Waals surface area contributed by atoms with Crippen molar-refractivity contribution in [2.24, 2.45) is 7.05 Å². The average Bonchev–Trinajstić information content (AvgIpc) is 2.70. The molecule has 1 aromatic carbocycles. The summed E-state index contributed by atoms with van der Waals surface area (Å²) in [6.45, 7) is 2.23. The lowest BCUT2D eigenvalue weighted by atomic mass is 10.2. The molecule has 0 bridgehead atoms. The van der Waals surface area contributed by atoms with Gasteiger partial charge >= 0.3 is 6.03 Å². The van der Waals surface area contributed by atoms with Crippen molar-refractivity contribution in [2.75, 3.05) is 5.32 Å². The third-order valence-electron chi connectivity index (χ3n) is 2.73. The van der Waals surface area contributed by atoms with E-state index in [1.165, 1.54) is 18.2 Å². The molecule has 0 saturated heterocycles. The highest BCUT2D eigenvalue weighted by atomic mass is 35.5. The number of halogens is 2. The van der Waals surface area contributed by atoms with Crippen LogP contribution in [0.15, 0.2) is 24.4 Å². The van der Waals surface area contributed by atoms with Crippen molar-refractivity contribution < 1.29 is 9.18 Å². The second-order valence-corrected chi connectivity index (χ2v) is 4.76. The van der Waals surface area contributed by atoms with Gasteiger partial charge in [-0.05, 0) is 25.1 Å². The first-order chi connectivity index (χ1) is 9.45. The molecule has 0 spiro atoms. The van der Waals surface area contributed by atoms with Crippen LogP contribution in [0.25, 0.3) is 0 Å². The van der Waals surface area contributed by atoms with Gasteiger partial charge < -0.3 is 10.6 Å². The van der Waals surface area contributed by atoms with Crippen molar-refractivity contribution in [3.8, 4) is 0 Å². The topological polar surface area (TPSA) is 59.0 Å². The van der Waals surface area contributed by atoms with Crippen LogP contribution < -0.4 is 10.6 Å². The Morgan fingerprint density at radius 1 is 1.50 bits per heavy atom. The second-order valence-electron chi connectivity index (χ2n) is 4.35. The second kappa shape index (κ2) is 5.92. The van der Waals surface area contributed by atoms with E-state index in [9.17, 15) is 9.18 Å². The number of benzene rings is 1. The zero-order valence-electron chi connectivity index (χ0n) is 11.1. The summed E-state index contributed by atoms with van der Waals surface area (Å²) in [7, 11) is 1.82. The highest BCUT2D eigenvalue weighted by molar-refractivity contribution is 6.31. The minimum atomic E-state index is -0.524. The first-order valence-electron chi connectivity index (χ1n) is 5.94. The zero-order valence-corrected chi connectivity index (χ0v) is 11.8. The Labute approximate surface area is 120 Å². The van der Waals surface area contributed by atoms with E-state index in [-0.39, 0.29) is 5.02 Å². The number of nitrogens with one attached hydrogen (secondary N) is 2. The Morgan fingerprint density at radius 3 is 2.85 bits per heavy atom. The van der Waals surface area contributed by atoms with Gasteiger partial charge in [-0.1, -0.05) is 11.6 Å². The Morgan fingerprint density at radius 2 is 2.25 bits per heavy atom. The SMILES string of the molecule is Cc1nn(C)cc1CNC(=O)Nc1ccc(F)c(Cl)c1. The molecule has 0 saturated carbocycles. The average molecular weight is 297 g/mol. The van der Waals surface area contributed by atoms with Gasteiger partial charge in [0.05, 0.1) is 10.7 Å². The van der Waals surface area contributed by atoms with Crippen molar-refractivity contribution in [1.82, 2.24) is 15.1 Å². The maximum atomic E-state index is 13.0. The Kier molecular flexibility index (Phi) is 4.24. The lowest BCUT2D eigenvalue weighted by Gasteiger charge is -2.07. The number of anilines is 1. The van der Waals surface area contributed by atoms with Gasteiger partial charge in [-0.3, -0.25) is 4.68 Å². The number of carbonyl (C=O) groups excluding carboxylic acids is 1. The minimum absolute atomic E-state index is 0.0362. The molecule has 0 aliphatic rings. The summed E-state index contributed by atoms with van der Waals surface area (Å²) in [5, 5.41) is 9.42. The van der Waals surface area contributed by atoms with Crippen LogP contribution in [0.3, 0.4) is 0 Å². The molecule has 0 fully saturated rings. The number of rotatable bonds is 3. The molecule has 0 aliphatic carbocycles. The lowest BCUT2D eigenvalue weighted by molar-refractivity contribution is 0.251. The summed E-state index contributed by atoms with van der Waals surface area (Å²) in [4.78, 5) is 11.7. The summed E-state index contributed by atoms with van der Waals surface area (Å²) in [6.07, 6.45) is 1.84. The number of nitrogens with zero attached hydrogens (tertiary/aromatic N) is 2. The number of hydrogen-bond acceptors (Lipinski definition) is 2. The largest absolute Gasteiger partial charge is 0.334 e. The third-order valence-corrected chi connectivity index (χ3v) is 3.02. The molecule has 5 nitrogen and oxygen atoms in total. The first kappa shape index (κ1) is 14.3. The maximum Gasteiger partial charge on any atom is 0.319 e. The van der Waals surface area contributed by atoms with Crippen molar-refractivity contribution in [3.05, 3.63) is 46.5 Å². The van der Waals surface area contributed by atoms with E-state index in [2.05, 4.69) is 15.7 Å². The monoisotopic (exact) mass is 296 g/mol. The summed E-state index contributed by atoms with van der Waals surface area (Å²) >= 11 is 5.64. The Hall–Kier alpha value is -2.08. The van der Waals surface area contributed by atoms with Crippen molar-refractivity contribution in [3.63, 3.8) is 0 Å². The molecule has 106 valence electrons. The van der Waals surface area contributed by atoms with Crippen LogP contribution in [0, 0.1) is 12.7 Å². The first-order valence-corrected chi connectivity index (χ1v) is 6.32. The van der Waals surface area contributed by atoms with Crippen molar-refractivity contribution in [1.29, 1.82) is 0 Å². The van der Waals surface area contributed by atoms with E-state index in [1.807, 2.05) is 20.2 Å². The molecule has 0 aliphatic heterocycles. The number of carbonyl (C=O) groups is 1. The molecular weight excluding hydrogens is 283 g/mol. The van der Waals surface area contributed by atoms with E-state index in [0.717, 1.165) is 11.3 Å². The molecule has 7 heteroatoms. The van der Waals surface area contributed by atoms with Crippen LogP contribution in [0.1, 0.15) is 11.3 Å². The minimum Gasteiger partial charge on any atom is -0.334 e. The van der Waals surface area contributed by atoms with Crippen molar-refractivity contribution in [2.45, 2.75) is 13.5 Å². The fourth-order valence-electron chi connectivity index (χ4n) is 1.75. The number of aromatic nitrogens is 2. The molecule has 0 atom stereocenters. The molecule has 2 rings (SSSR count). The number of aryl methyl sites for hydroxylation is 2. The Balaban J connectivity index is 1.92. The normalized spacial score (nSPS) is 10.4. The van der Waals surface area contributed by atoms with Crippen LogP contribution in [-0.4, -0.2) is 15.8 Å². The van der Waals surface area contributed by atoms with Crippen LogP contribution in [0.5, 0.6) is 0 Å². The Bertz CT molecular complexity index is 641. The van der Waals surface area contributed by atoms with Gasteiger partial charge in [-0.25, -0.2) is 9.18 Å². The van der Waals surface area contributed by atoms with Gasteiger partial charge in [0, 0.05) is 31.0 Å². The van der Waals surface area contributed by atoms with Gasteiger partial charge in [-0.2, -0.15) is 5.10 Å². The fourth-order valence-corrected chi connectivity index (χ4v) is 1.93. The number of urea groups is 1. The molecule has 1 aromatic heterocycles. The molecule has 20 heavy (non-hydrogen) atoms. The quantitative estimate of drug-likeness (QED) is 0.915. The summed E-state index contributed by atoms with van der Waals surface area (Å²) in [6, 6.07) is 3.60. The number of hydrogen-bond donors (Lipinski definition) is 2. The fraction of sp³-hybridized carbons (Fsp3) is 0.231. The predicted molar refractivity (Wildman–Crippen MR) is 75.2 cm³/mol. The maximum absolute atomic E-state index is 13.0. The van der Waals surface area contributed by atoms with Gasteiger partial charge in [0.2, 0.25) is 0 Å². The zero-order chi connectivity index (χ0) is 14.7. The van der Waals surface area contributed by atoms with E-state index < -0.39 is 11.8 Å². The molecule has 0 unspecified atom stereocenters. The molecule has 2 N–H and O–H groups in total. The van der Waals surface area contributed by atoms with Crippen LogP contribution >= 0.6 is 11.6 Å². The summed E-state index contributed by atoms with van der Waals surface area (Å²) in [5.74, 6) is -0.524. The molecular formula is C13H14ClFN4O. The van der Waals surface area contributed by atoms with E-state index in [1.54, 1.807) is 4.68 Å². The third kappa shape index (κ3) is 3.48. The van der Waals surface area contributed by atoms with E-state index in [0.29, 0.717) is 12.2 Å². The molecule has 2 aromatic rings. The van der Waals surface area contributed by atoms with Gasteiger partial charge in [0.1, 0.15) is 5.82 Å². The van der Waals surface area contributed by atoms with Crippen LogP contribution in [0.2, 0.25) is 5.02 Å². The lowest BCUT2D eigenvalue weighted by Crippen LogP contribution is -2.28. The molecule has 0 radical (unpaired) electrons. The highest BCUT2D eigenvalue weighted by Crippen LogP contribution is 2.19. The van der Waals surface area contributed by atoms with Gasteiger partial charge in [-0.15, -0.1) is 0 Å². The summed E-state index contributed by atoms with van der Waals surface area (Å²) in [5.41, 5.74) is 2.22.